The van der Waals surface area contributed by atoms with Crippen LogP contribution in [0, 0.1) is 5.41 Å². The highest BCUT2D eigenvalue weighted by Crippen LogP contribution is 2.23. The summed E-state index contributed by atoms with van der Waals surface area (Å²) < 4.78 is 0. The Bertz CT molecular complexity index is 102. The monoisotopic (exact) mass is 190 g/mol. The molecule has 0 heterocycles. The van der Waals surface area contributed by atoms with E-state index in [1.54, 1.807) is 0 Å². The SMILES string of the molecule is CCCC(Cl)CCCC(C)(C)C. The van der Waals surface area contributed by atoms with Crippen molar-refractivity contribution < 1.29 is 0 Å². The first-order valence-corrected chi connectivity index (χ1v) is 5.53. The zero-order valence-corrected chi connectivity index (χ0v) is 9.75. The van der Waals surface area contributed by atoms with Crippen molar-refractivity contribution >= 4 is 11.6 Å². The minimum absolute atomic E-state index is 0.414. The van der Waals surface area contributed by atoms with Crippen LogP contribution in [0.25, 0.3) is 0 Å². The predicted molar refractivity (Wildman–Crippen MR) is 57.9 cm³/mol. The van der Waals surface area contributed by atoms with Crippen molar-refractivity contribution in [2.24, 2.45) is 5.41 Å². The van der Waals surface area contributed by atoms with Crippen LogP contribution in [0.4, 0.5) is 0 Å². The molecule has 74 valence electrons. The van der Waals surface area contributed by atoms with E-state index in [-0.39, 0.29) is 0 Å². The van der Waals surface area contributed by atoms with Crippen LogP contribution in [0.3, 0.4) is 0 Å². The van der Waals surface area contributed by atoms with Crippen molar-refractivity contribution in [1.29, 1.82) is 0 Å². The van der Waals surface area contributed by atoms with E-state index in [9.17, 15) is 0 Å². The number of hydrogen-bond donors (Lipinski definition) is 0. The van der Waals surface area contributed by atoms with Gasteiger partial charge in [-0.1, -0.05) is 40.5 Å². The molecule has 0 fully saturated rings. The Labute approximate surface area is 82.7 Å². The molecule has 0 saturated heterocycles. The second-order valence-electron chi connectivity index (χ2n) is 4.84. The van der Waals surface area contributed by atoms with E-state index >= 15 is 0 Å². The van der Waals surface area contributed by atoms with Crippen molar-refractivity contribution in [3.8, 4) is 0 Å². The van der Waals surface area contributed by atoms with Crippen LogP contribution in [0.15, 0.2) is 0 Å². The smallest absolute Gasteiger partial charge is 0.0336 e. The number of halogens is 1. The Morgan fingerprint density at radius 1 is 1.17 bits per heavy atom. The molecule has 0 aromatic rings. The van der Waals surface area contributed by atoms with Gasteiger partial charge in [0.1, 0.15) is 0 Å². The Morgan fingerprint density at radius 2 is 1.75 bits per heavy atom. The van der Waals surface area contributed by atoms with E-state index in [1.165, 1.54) is 32.1 Å². The van der Waals surface area contributed by atoms with Crippen LogP contribution in [0.5, 0.6) is 0 Å². The molecular weight excluding hydrogens is 168 g/mol. The molecule has 1 unspecified atom stereocenters. The molecule has 12 heavy (non-hydrogen) atoms. The van der Waals surface area contributed by atoms with E-state index in [0.29, 0.717) is 10.8 Å². The van der Waals surface area contributed by atoms with Gasteiger partial charge in [-0.15, -0.1) is 11.6 Å². The number of hydrogen-bond acceptors (Lipinski definition) is 0. The van der Waals surface area contributed by atoms with E-state index in [1.807, 2.05) is 0 Å². The lowest BCUT2D eigenvalue weighted by Gasteiger charge is -2.18. The molecule has 0 saturated carbocycles. The molecule has 0 nitrogen and oxygen atoms in total. The van der Waals surface area contributed by atoms with Gasteiger partial charge in [0.25, 0.3) is 0 Å². The molecule has 0 aliphatic rings. The van der Waals surface area contributed by atoms with Gasteiger partial charge in [-0.25, -0.2) is 0 Å². The van der Waals surface area contributed by atoms with E-state index in [0.717, 1.165) is 0 Å². The summed E-state index contributed by atoms with van der Waals surface area (Å²) in [6.07, 6.45) is 6.14. The first-order chi connectivity index (χ1) is 5.45. The summed E-state index contributed by atoms with van der Waals surface area (Å²) >= 11 is 6.11. The normalized spacial score (nSPS) is 14.8. The minimum Gasteiger partial charge on any atom is -0.123 e. The minimum atomic E-state index is 0.414. The fourth-order valence-corrected chi connectivity index (χ4v) is 1.68. The zero-order valence-electron chi connectivity index (χ0n) is 8.99. The molecular formula is C11H23Cl. The van der Waals surface area contributed by atoms with E-state index in [2.05, 4.69) is 27.7 Å². The summed E-state index contributed by atoms with van der Waals surface area (Å²) in [4.78, 5) is 0. The Kier molecular flexibility index (Phi) is 6.00. The van der Waals surface area contributed by atoms with Gasteiger partial charge in [0.2, 0.25) is 0 Å². The standard InChI is InChI=1S/C11H23Cl/c1-5-7-10(12)8-6-9-11(2,3)4/h10H,5-9H2,1-4H3. The van der Waals surface area contributed by atoms with Crippen LogP contribution in [0.1, 0.15) is 59.8 Å². The van der Waals surface area contributed by atoms with E-state index in [4.69, 9.17) is 11.6 Å². The highest BCUT2D eigenvalue weighted by atomic mass is 35.5. The molecule has 0 N–H and O–H groups in total. The summed E-state index contributed by atoms with van der Waals surface area (Å²) in [6, 6.07) is 0. The molecule has 0 bridgehead atoms. The zero-order chi connectivity index (χ0) is 9.61. The second-order valence-corrected chi connectivity index (χ2v) is 5.46. The predicted octanol–water partition coefficient (Wildman–Crippen LogP) is 4.61. The summed E-state index contributed by atoms with van der Waals surface area (Å²) in [6.45, 7) is 9.06. The topological polar surface area (TPSA) is 0 Å². The van der Waals surface area contributed by atoms with Crippen LogP contribution < -0.4 is 0 Å². The van der Waals surface area contributed by atoms with Gasteiger partial charge in [-0.2, -0.15) is 0 Å². The first kappa shape index (κ1) is 12.3. The van der Waals surface area contributed by atoms with Crippen LogP contribution in [-0.2, 0) is 0 Å². The lowest BCUT2D eigenvalue weighted by molar-refractivity contribution is 0.358. The average Bonchev–Trinajstić information content (AvgIpc) is 1.84. The molecule has 0 aromatic heterocycles. The van der Waals surface area contributed by atoms with Crippen molar-refractivity contribution in [3.63, 3.8) is 0 Å². The molecule has 0 spiro atoms. The lowest BCUT2D eigenvalue weighted by atomic mass is 9.89. The maximum atomic E-state index is 6.11. The fraction of sp³-hybridized carbons (Fsp3) is 1.00. The molecule has 0 aromatic carbocycles. The van der Waals surface area contributed by atoms with Gasteiger partial charge in [-0.3, -0.25) is 0 Å². The number of alkyl halides is 1. The highest BCUT2D eigenvalue weighted by Gasteiger charge is 2.10. The van der Waals surface area contributed by atoms with Crippen LogP contribution in [0.2, 0.25) is 0 Å². The van der Waals surface area contributed by atoms with E-state index < -0.39 is 0 Å². The summed E-state index contributed by atoms with van der Waals surface area (Å²) in [7, 11) is 0. The van der Waals surface area contributed by atoms with Gasteiger partial charge in [0.05, 0.1) is 0 Å². The largest absolute Gasteiger partial charge is 0.123 e. The molecule has 0 aliphatic heterocycles. The van der Waals surface area contributed by atoms with Crippen molar-refractivity contribution in [2.75, 3.05) is 0 Å². The molecule has 1 heteroatoms. The maximum Gasteiger partial charge on any atom is 0.0336 e. The third-order valence-corrected chi connectivity index (χ3v) is 2.48. The van der Waals surface area contributed by atoms with Crippen molar-refractivity contribution in [3.05, 3.63) is 0 Å². The average molecular weight is 191 g/mol. The van der Waals surface area contributed by atoms with Crippen LogP contribution in [-0.4, -0.2) is 5.38 Å². The van der Waals surface area contributed by atoms with Crippen molar-refractivity contribution in [1.82, 2.24) is 0 Å². The summed E-state index contributed by atoms with van der Waals surface area (Å²) in [5.41, 5.74) is 0.475. The van der Waals surface area contributed by atoms with Gasteiger partial charge in [0.15, 0.2) is 0 Å². The molecule has 0 rings (SSSR count). The molecule has 0 aliphatic carbocycles. The third-order valence-electron chi connectivity index (χ3n) is 2.05. The second kappa shape index (κ2) is 5.85. The van der Waals surface area contributed by atoms with Crippen molar-refractivity contribution in [2.45, 2.75) is 65.2 Å². The quantitative estimate of drug-likeness (QED) is 0.556. The molecule has 0 radical (unpaired) electrons. The highest BCUT2D eigenvalue weighted by molar-refractivity contribution is 6.20. The fourth-order valence-electron chi connectivity index (χ4n) is 1.31. The van der Waals surface area contributed by atoms with Gasteiger partial charge in [-0.05, 0) is 24.7 Å². The molecule has 0 amide bonds. The first-order valence-electron chi connectivity index (χ1n) is 5.10. The Balaban J connectivity index is 3.31. The Morgan fingerprint density at radius 3 is 2.17 bits per heavy atom. The van der Waals surface area contributed by atoms with Crippen LogP contribution >= 0.6 is 11.6 Å². The lowest BCUT2D eigenvalue weighted by Crippen LogP contribution is -2.06. The third kappa shape index (κ3) is 8.39. The van der Waals surface area contributed by atoms with Gasteiger partial charge >= 0.3 is 0 Å². The van der Waals surface area contributed by atoms with Gasteiger partial charge in [0, 0.05) is 5.38 Å². The maximum absolute atomic E-state index is 6.11. The Hall–Kier alpha value is 0.290. The summed E-state index contributed by atoms with van der Waals surface area (Å²) in [5.74, 6) is 0. The van der Waals surface area contributed by atoms with Gasteiger partial charge < -0.3 is 0 Å². The number of rotatable bonds is 5. The summed E-state index contributed by atoms with van der Waals surface area (Å²) in [5, 5.41) is 0.414. The molecule has 1 atom stereocenters.